The first-order valence-corrected chi connectivity index (χ1v) is 12.5. The Labute approximate surface area is 236 Å². The van der Waals surface area contributed by atoms with Crippen LogP contribution in [0.5, 0.6) is 0 Å². The Morgan fingerprint density at radius 2 is 1.49 bits per heavy atom. The number of alkyl halides is 6. The molecule has 0 heterocycles. The van der Waals surface area contributed by atoms with Crippen LogP contribution in [0.25, 0.3) is 6.08 Å². The fourth-order valence-corrected chi connectivity index (χ4v) is 4.17. The van der Waals surface area contributed by atoms with Crippen LogP contribution >= 0.6 is 34.8 Å². The van der Waals surface area contributed by atoms with Crippen molar-refractivity contribution >= 4 is 52.7 Å². The topological polar surface area (TPSA) is 58.2 Å². The van der Waals surface area contributed by atoms with E-state index in [0.29, 0.717) is 12.1 Å². The fraction of sp³-hybridized carbons (Fsp3) is 0.385. The van der Waals surface area contributed by atoms with Gasteiger partial charge in [-0.2, -0.15) is 26.3 Å². The molecule has 2 amide bonds. The Bertz CT molecular complexity index is 1230. The molecule has 2 aromatic rings. The minimum absolute atomic E-state index is 0.120. The average Bonchev–Trinajstić information content (AvgIpc) is 2.74. The highest BCUT2D eigenvalue weighted by molar-refractivity contribution is 6.48. The van der Waals surface area contributed by atoms with Gasteiger partial charge in [0.05, 0.1) is 38.3 Å². The number of halogens is 9. The molecule has 2 rings (SSSR count). The van der Waals surface area contributed by atoms with Crippen molar-refractivity contribution in [2.24, 2.45) is 5.41 Å². The highest BCUT2D eigenvalue weighted by atomic mass is 35.5. The summed E-state index contributed by atoms with van der Waals surface area (Å²) >= 11 is 17.5. The molecule has 0 bridgehead atoms. The molecular formula is C26H25Cl3F6N2O2. The normalized spacial score (nSPS) is 14.3. The summed E-state index contributed by atoms with van der Waals surface area (Å²) in [5.74, 6) is -3.80. The number of benzene rings is 2. The number of carbonyl (C=O) groups is 2. The van der Waals surface area contributed by atoms with Crippen LogP contribution in [0.1, 0.15) is 67.1 Å². The number of hydrogen-bond acceptors (Lipinski definition) is 2. The lowest BCUT2D eigenvalue weighted by Crippen LogP contribution is -2.46. The van der Waals surface area contributed by atoms with Crippen molar-refractivity contribution in [2.75, 3.05) is 0 Å². The van der Waals surface area contributed by atoms with Crippen LogP contribution in [0.2, 0.25) is 15.1 Å². The SMILES string of the molecule is C[C@H](NC(=O)CC(C)(C)C)NC(=O)c1ccc(C=CC(c2cc(Cl)c(Cl)c(Cl)c2)C(F)(F)F)cc1C(F)(F)F. The Balaban J connectivity index is 2.36. The summed E-state index contributed by atoms with van der Waals surface area (Å²) in [6.45, 7) is 6.84. The predicted octanol–water partition coefficient (Wildman–Crippen LogP) is 8.65. The lowest BCUT2D eigenvalue weighted by atomic mass is 9.92. The largest absolute Gasteiger partial charge is 0.417 e. The summed E-state index contributed by atoms with van der Waals surface area (Å²) in [7, 11) is 0. The van der Waals surface area contributed by atoms with E-state index >= 15 is 0 Å². The van der Waals surface area contributed by atoms with Gasteiger partial charge in [-0.1, -0.05) is 73.8 Å². The van der Waals surface area contributed by atoms with Gasteiger partial charge in [-0.15, -0.1) is 0 Å². The average molecular weight is 618 g/mol. The molecule has 0 spiro atoms. The van der Waals surface area contributed by atoms with Gasteiger partial charge in [0, 0.05) is 6.42 Å². The first kappa shape index (κ1) is 32.8. The summed E-state index contributed by atoms with van der Waals surface area (Å²) in [4.78, 5) is 24.7. The van der Waals surface area contributed by atoms with E-state index in [9.17, 15) is 35.9 Å². The zero-order valence-electron chi connectivity index (χ0n) is 21.1. The van der Waals surface area contributed by atoms with Crippen molar-refractivity contribution in [3.63, 3.8) is 0 Å². The van der Waals surface area contributed by atoms with Crippen LogP contribution in [0.3, 0.4) is 0 Å². The highest BCUT2D eigenvalue weighted by Crippen LogP contribution is 2.41. The summed E-state index contributed by atoms with van der Waals surface area (Å²) in [5.41, 5.74) is -3.09. The van der Waals surface area contributed by atoms with E-state index in [1.54, 1.807) is 0 Å². The second-order valence-electron chi connectivity index (χ2n) is 9.98. The van der Waals surface area contributed by atoms with Crippen molar-refractivity contribution in [1.82, 2.24) is 10.6 Å². The highest BCUT2D eigenvalue weighted by Gasteiger charge is 2.40. The van der Waals surface area contributed by atoms with Gasteiger partial charge >= 0.3 is 12.4 Å². The lowest BCUT2D eigenvalue weighted by molar-refractivity contribution is -0.139. The third kappa shape index (κ3) is 9.61. The number of amides is 2. The molecule has 0 saturated carbocycles. The molecule has 13 heteroatoms. The molecule has 39 heavy (non-hydrogen) atoms. The molecule has 214 valence electrons. The molecule has 0 aromatic heterocycles. The number of carbonyl (C=O) groups excluding carboxylic acids is 2. The maximum Gasteiger partial charge on any atom is 0.417 e. The molecule has 0 aliphatic carbocycles. The number of hydrogen-bond donors (Lipinski definition) is 2. The lowest BCUT2D eigenvalue weighted by Gasteiger charge is -2.21. The molecule has 1 unspecified atom stereocenters. The predicted molar refractivity (Wildman–Crippen MR) is 140 cm³/mol. The van der Waals surface area contributed by atoms with Crippen molar-refractivity contribution in [3.05, 3.63) is 73.7 Å². The van der Waals surface area contributed by atoms with Crippen LogP contribution in [-0.4, -0.2) is 24.2 Å². The fourth-order valence-electron chi connectivity index (χ4n) is 3.55. The minimum Gasteiger partial charge on any atom is -0.336 e. The number of rotatable bonds is 7. The molecule has 4 nitrogen and oxygen atoms in total. The smallest absolute Gasteiger partial charge is 0.336 e. The van der Waals surface area contributed by atoms with Crippen molar-refractivity contribution < 1.29 is 35.9 Å². The van der Waals surface area contributed by atoms with Crippen LogP contribution in [0.4, 0.5) is 26.3 Å². The third-order valence-electron chi connectivity index (χ3n) is 5.21. The maximum atomic E-state index is 13.8. The minimum atomic E-state index is -5.00. The molecule has 2 N–H and O–H groups in total. The number of nitrogens with one attached hydrogen (secondary N) is 2. The van der Waals surface area contributed by atoms with Crippen LogP contribution in [0, 0.1) is 5.41 Å². The summed E-state index contributed by atoms with van der Waals surface area (Å²) in [6.07, 6.45) is -9.21. The molecule has 0 aliphatic rings. The zero-order chi connectivity index (χ0) is 29.9. The van der Waals surface area contributed by atoms with Crippen molar-refractivity contribution in [1.29, 1.82) is 0 Å². The van der Waals surface area contributed by atoms with E-state index in [1.807, 2.05) is 20.8 Å². The summed E-state index contributed by atoms with van der Waals surface area (Å²) in [5, 5.41) is 4.18. The van der Waals surface area contributed by atoms with E-state index < -0.39 is 47.4 Å². The van der Waals surface area contributed by atoms with Gasteiger partial charge in [-0.05, 0) is 47.7 Å². The molecule has 0 saturated heterocycles. The second-order valence-corrected chi connectivity index (χ2v) is 11.2. The van der Waals surface area contributed by atoms with E-state index in [0.717, 1.165) is 30.3 Å². The first-order valence-electron chi connectivity index (χ1n) is 11.4. The molecular weight excluding hydrogens is 593 g/mol. The van der Waals surface area contributed by atoms with Crippen LogP contribution < -0.4 is 10.6 Å². The van der Waals surface area contributed by atoms with E-state index in [2.05, 4.69) is 10.6 Å². The Hall–Kier alpha value is -2.43. The quantitative estimate of drug-likeness (QED) is 0.186. The van der Waals surface area contributed by atoms with Gasteiger partial charge < -0.3 is 10.6 Å². The first-order chi connectivity index (χ1) is 17.7. The molecule has 2 aromatic carbocycles. The van der Waals surface area contributed by atoms with Gasteiger partial charge in [-0.25, -0.2) is 0 Å². The third-order valence-corrected chi connectivity index (χ3v) is 6.41. The molecule has 0 fully saturated rings. The van der Waals surface area contributed by atoms with Gasteiger partial charge in [0.2, 0.25) is 5.91 Å². The standard InChI is InChI=1S/C26H25Cl3F6N2O2/c1-13(36-21(38)12-24(2,3)4)37-23(39)16-7-5-14(9-18(16)26(33,34)35)6-8-17(25(30,31)32)15-10-19(27)22(29)20(28)11-15/h5-11,13,17H,12H2,1-4H3,(H,36,38)(H,37,39)/t13-,17?/m1/s1. The Kier molecular flexibility index (Phi) is 10.4. The van der Waals surface area contributed by atoms with Gasteiger partial charge in [-0.3, -0.25) is 9.59 Å². The number of allylic oxidation sites excluding steroid dienone is 1. The van der Waals surface area contributed by atoms with Crippen LogP contribution in [-0.2, 0) is 11.0 Å². The monoisotopic (exact) mass is 616 g/mol. The second kappa shape index (κ2) is 12.4. The van der Waals surface area contributed by atoms with E-state index in [1.165, 1.54) is 6.92 Å². The van der Waals surface area contributed by atoms with E-state index in [-0.39, 0.29) is 38.0 Å². The molecule has 0 aliphatic heterocycles. The zero-order valence-corrected chi connectivity index (χ0v) is 23.4. The summed E-state index contributed by atoms with van der Waals surface area (Å²) < 4.78 is 82.8. The summed E-state index contributed by atoms with van der Waals surface area (Å²) in [6, 6.07) is 4.41. The molecule has 0 radical (unpaired) electrons. The van der Waals surface area contributed by atoms with Gasteiger partial charge in [0.25, 0.3) is 5.91 Å². The van der Waals surface area contributed by atoms with Gasteiger partial charge in [0.1, 0.15) is 0 Å². The van der Waals surface area contributed by atoms with Crippen molar-refractivity contribution in [2.45, 2.75) is 58.6 Å². The molecule has 2 atom stereocenters. The maximum absolute atomic E-state index is 13.8. The van der Waals surface area contributed by atoms with E-state index in [4.69, 9.17) is 34.8 Å². The Morgan fingerprint density at radius 3 is 1.97 bits per heavy atom. The van der Waals surface area contributed by atoms with Crippen molar-refractivity contribution in [3.8, 4) is 0 Å². The van der Waals surface area contributed by atoms with Crippen LogP contribution in [0.15, 0.2) is 36.4 Å². The van der Waals surface area contributed by atoms with Gasteiger partial charge in [0.15, 0.2) is 0 Å². The Morgan fingerprint density at radius 1 is 0.923 bits per heavy atom.